The zero-order valence-corrected chi connectivity index (χ0v) is 13.0. The molecule has 3 N–H and O–H groups in total. The van der Waals surface area contributed by atoms with Gasteiger partial charge in [0.25, 0.3) is 0 Å². The van der Waals surface area contributed by atoms with E-state index >= 15 is 0 Å². The van der Waals surface area contributed by atoms with E-state index in [0.717, 1.165) is 32.1 Å². The van der Waals surface area contributed by atoms with Gasteiger partial charge in [0.2, 0.25) is 11.0 Å². The van der Waals surface area contributed by atoms with Gasteiger partial charge >= 0.3 is 0 Å². The number of carbonyl (C=O) groups is 1. The number of halogens is 1. The van der Waals surface area contributed by atoms with Gasteiger partial charge in [-0.25, -0.2) is 0 Å². The van der Waals surface area contributed by atoms with Gasteiger partial charge in [-0.2, -0.15) is 0 Å². The molecular formula is C13H17ClN4O2S. The topological polar surface area (TPSA) is 94.0 Å². The first-order chi connectivity index (χ1) is 9.67. The Morgan fingerprint density at radius 3 is 2.76 bits per heavy atom. The second-order valence-electron chi connectivity index (χ2n) is 5.06. The van der Waals surface area contributed by atoms with E-state index in [0.29, 0.717) is 15.9 Å². The molecule has 1 aliphatic carbocycles. The fraction of sp³-hybridized carbons (Fsp3) is 0.462. The summed E-state index contributed by atoms with van der Waals surface area (Å²) >= 11 is 1.28. The Hall–Kier alpha value is -1.44. The van der Waals surface area contributed by atoms with Crippen LogP contribution in [0.25, 0.3) is 10.8 Å². The summed E-state index contributed by atoms with van der Waals surface area (Å²) in [4.78, 5) is 12.3. The highest BCUT2D eigenvalue weighted by atomic mass is 35.5. The van der Waals surface area contributed by atoms with Crippen LogP contribution in [0.1, 0.15) is 32.1 Å². The molecule has 0 spiro atoms. The summed E-state index contributed by atoms with van der Waals surface area (Å²) in [6.07, 6.45) is 6.17. The second kappa shape index (κ2) is 6.55. The molecule has 0 saturated heterocycles. The van der Waals surface area contributed by atoms with Crippen molar-refractivity contribution in [3.63, 3.8) is 0 Å². The lowest BCUT2D eigenvalue weighted by Gasteiger charge is -2.31. The van der Waals surface area contributed by atoms with Crippen LogP contribution in [-0.4, -0.2) is 21.6 Å². The molecule has 0 unspecified atom stereocenters. The van der Waals surface area contributed by atoms with Crippen LogP contribution in [0.4, 0.5) is 5.13 Å². The Labute approximate surface area is 132 Å². The summed E-state index contributed by atoms with van der Waals surface area (Å²) < 4.78 is 5.24. The van der Waals surface area contributed by atoms with Gasteiger partial charge in [0.1, 0.15) is 0 Å². The van der Waals surface area contributed by atoms with Gasteiger partial charge in [0, 0.05) is 0 Å². The van der Waals surface area contributed by atoms with Crippen molar-refractivity contribution in [2.24, 2.45) is 5.73 Å². The van der Waals surface area contributed by atoms with E-state index in [4.69, 9.17) is 10.2 Å². The Balaban J connectivity index is 0.00000161. The minimum atomic E-state index is -0.769. The molecule has 2 aromatic rings. The third-order valence-corrected chi connectivity index (χ3v) is 4.43. The standard InChI is InChI=1S/C13H16N4O2S.ClH/c14-13(6-2-1-3-7-13)11(18)15-12-17-16-10(20-12)9-5-4-8-19-9;/h4-5,8H,1-3,6-7,14H2,(H,15,17,18);1H. The molecule has 1 fully saturated rings. The number of anilines is 1. The summed E-state index contributed by atoms with van der Waals surface area (Å²) in [6.45, 7) is 0. The number of nitrogens with zero attached hydrogens (tertiary/aromatic N) is 2. The van der Waals surface area contributed by atoms with Crippen molar-refractivity contribution in [3.8, 4) is 10.8 Å². The van der Waals surface area contributed by atoms with Gasteiger partial charge in [-0.05, 0) is 25.0 Å². The monoisotopic (exact) mass is 328 g/mol. The average molecular weight is 329 g/mol. The van der Waals surface area contributed by atoms with Crippen molar-refractivity contribution in [3.05, 3.63) is 18.4 Å². The number of hydrogen-bond acceptors (Lipinski definition) is 6. The van der Waals surface area contributed by atoms with Crippen LogP contribution >= 0.6 is 23.7 Å². The third-order valence-electron chi connectivity index (χ3n) is 3.58. The molecule has 3 rings (SSSR count). The Morgan fingerprint density at radius 2 is 2.10 bits per heavy atom. The molecule has 114 valence electrons. The highest BCUT2D eigenvalue weighted by Crippen LogP contribution is 2.30. The smallest absolute Gasteiger partial charge is 0.246 e. The van der Waals surface area contributed by atoms with Gasteiger partial charge in [-0.15, -0.1) is 22.6 Å². The first-order valence-electron chi connectivity index (χ1n) is 6.65. The minimum absolute atomic E-state index is 0. The summed E-state index contributed by atoms with van der Waals surface area (Å²) in [7, 11) is 0. The molecule has 2 aromatic heterocycles. The molecule has 0 radical (unpaired) electrons. The molecule has 0 aliphatic heterocycles. The van der Waals surface area contributed by atoms with Crippen molar-refractivity contribution in [2.45, 2.75) is 37.6 Å². The van der Waals surface area contributed by atoms with Crippen molar-refractivity contribution in [1.29, 1.82) is 0 Å². The number of hydrogen-bond donors (Lipinski definition) is 2. The van der Waals surface area contributed by atoms with Gasteiger partial charge in [0.15, 0.2) is 10.8 Å². The SMILES string of the molecule is Cl.NC1(C(=O)Nc2nnc(-c3ccco3)s2)CCCCC1. The lowest BCUT2D eigenvalue weighted by Crippen LogP contribution is -2.52. The first-order valence-corrected chi connectivity index (χ1v) is 7.47. The van der Waals surface area contributed by atoms with E-state index in [1.54, 1.807) is 18.4 Å². The molecule has 21 heavy (non-hydrogen) atoms. The van der Waals surface area contributed by atoms with Crippen LogP contribution in [0.15, 0.2) is 22.8 Å². The van der Waals surface area contributed by atoms with Crippen LogP contribution in [0.5, 0.6) is 0 Å². The van der Waals surface area contributed by atoms with Crippen molar-refractivity contribution in [2.75, 3.05) is 5.32 Å². The van der Waals surface area contributed by atoms with Crippen LogP contribution in [0.3, 0.4) is 0 Å². The van der Waals surface area contributed by atoms with E-state index < -0.39 is 5.54 Å². The summed E-state index contributed by atoms with van der Waals surface area (Å²) in [5.74, 6) is 0.475. The largest absolute Gasteiger partial charge is 0.462 e. The molecular weight excluding hydrogens is 312 g/mol. The first kappa shape index (κ1) is 15.9. The predicted octanol–water partition coefficient (Wildman–Crippen LogP) is 2.82. The minimum Gasteiger partial charge on any atom is -0.462 e. The molecule has 1 amide bonds. The van der Waals surface area contributed by atoms with Crippen LogP contribution < -0.4 is 11.1 Å². The highest BCUT2D eigenvalue weighted by Gasteiger charge is 2.35. The molecule has 0 aromatic carbocycles. The van der Waals surface area contributed by atoms with E-state index in [1.165, 1.54) is 11.3 Å². The van der Waals surface area contributed by atoms with Gasteiger partial charge < -0.3 is 10.2 Å². The Bertz CT molecular complexity index is 593. The molecule has 2 heterocycles. The lowest BCUT2D eigenvalue weighted by molar-refractivity contribution is -0.122. The normalized spacial score (nSPS) is 17.0. The van der Waals surface area contributed by atoms with E-state index in [1.807, 2.05) is 0 Å². The Morgan fingerprint density at radius 1 is 1.33 bits per heavy atom. The highest BCUT2D eigenvalue weighted by molar-refractivity contribution is 7.18. The predicted molar refractivity (Wildman–Crippen MR) is 83.5 cm³/mol. The summed E-state index contributed by atoms with van der Waals surface area (Å²) in [5, 5.41) is 11.8. The second-order valence-corrected chi connectivity index (χ2v) is 6.04. The average Bonchev–Trinajstić information content (AvgIpc) is 3.09. The third kappa shape index (κ3) is 3.42. The maximum atomic E-state index is 12.3. The number of carbonyl (C=O) groups excluding carboxylic acids is 1. The van der Waals surface area contributed by atoms with Crippen LogP contribution in [0.2, 0.25) is 0 Å². The molecule has 6 nitrogen and oxygen atoms in total. The van der Waals surface area contributed by atoms with Gasteiger partial charge in [0.05, 0.1) is 11.8 Å². The maximum Gasteiger partial charge on any atom is 0.246 e. The quantitative estimate of drug-likeness (QED) is 0.903. The Kier molecular flexibility index (Phi) is 4.97. The fourth-order valence-electron chi connectivity index (χ4n) is 2.40. The number of rotatable bonds is 3. The van der Waals surface area contributed by atoms with E-state index in [2.05, 4.69) is 15.5 Å². The van der Waals surface area contributed by atoms with Gasteiger partial charge in [-0.1, -0.05) is 30.6 Å². The van der Waals surface area contributed by atoms with Gasteiger partial charge in [-0.3, -0.25) is 10.1 Å². The van der Waals surface area contributed by atoms with E-state index in [9.17, 15) is 4.79 Å². The molecule has 1 aliphatic rings. The number of amides is 1. The zero-order valence-electron chi connectivity index (χ0n) is 11.4. The number of aromatic nitrogens is 2. The van der Waals surface area contributed by atoms with Crippen molar-refractivity contribution >= 4 is 34.8 Å². The summed E-state index contributed by atoms with van der Waals surface area (Å²) in [6, 6.07) is 3.59. The van der Waals surface area contributed by atoms with Crippen LogP contribution in [0, 0.1) is 0 Å². The number of furan rings is 1. The maximum absolute atomic E-state index is 12.3. The molecule has 1 saturated carbocycles. The molecule has 0 bridgehead atoms. The zero-order chi connectivity index (χ0) is 14.0. The van der Waals surface area contributed by atoms with Crippen LogP contribution in [-0.2, 0) is 4.79 Å². The van der Waals surface area contributed by atoms with Crippen molar-refractivity contribution < 1.29 is 9.21 Å². The molecule has 0 atom stereocenters. The van der Waals surface area contributed by atoms with Crippen molar-refractivity contribution in [1.82, 2.24) is 10.2 Å². The lowest BCUT2D eigenvalue weighted by atomic mass is 9.82. The van der Waals surface area contributed by atoms with E-state index in [-0.39, 0.29) is 18.3 Å². The number of nitrogens with two attached hydrogens (primary N) is 1. The fourth-order valence-corrected chi connectivity index (χ4v) is 3.11. The number of nitrogens with one attached hydrogen (secondary N) is 1. The molecule has 8 heteroatoms. The summed E-state index contributed by atoms with van der Waals surface area (Å²) in [5.41, 5.74) is 5.41.